The van der Waals surface area contributed by atoms with E-state index in [0.29, 0.717) is 11.5 Å². The van der Waals surface area contributed by atoms with Gasteiger partial charge in [-0.1, -0.05) is 0 Å². The number of hydrogen-bond donors (Lipinski definition) is 1. The molecule has 1 N–H and O–H groups in total. The average molecular weight is 279 g/mol. The highest BCUT2D eigenvalue weighted by Crippen LogP contribution is 2.62. The van der Waals surface area contributed by atoms with Gasteiger partial charge in [-0.25, -0.2) is 0 Å². The highest BCUT2D eigenvalue weighted by Gasteiger charge is 2.55. The van der Waals surface area contributed by atoms with Crippen LogP contribution in [0.3, 0.4) is 0 Å². The minimum absolute atomic E-state index is 0.363. The van der Waals surface area contributed by atoms with Crippen LogP contribution in [-0.2, 0) is 4.79 Å². The summed E-state index contributed by atoms with van der Waals surface area (Å²) >= 11 is 0. The molecule has 0 saturated heterocycles. The van der Waals surface area contributed by atoms with Crippen molar-refractivity contribution in [3.63, 3.8) is 0 Å². The summed E-state index contributed by atoms with van der Waals surface area (Å²) in [5.41, 5.74) is -0.390. The summed E-state index contributed by atoms with van der Waals surface area (Å²) in [4.78, 5) is 13.7. The Kier molecular flexibility index (Phi) is 3.20. The van der Waals surface area contributed by atoms with Crippen molar-refractivity contribution in [2.24, 2.45) is 23.2 Å². The molecule has 4 fully saturated rings. The SMILES string of the molecule is CC(N(C)C(C)(C)C(=O)O)C12CC3CC(CC(C3)C1)C2. The molecule has 3 nitrogen and oxygen atoms in total. The van der Waals surface area contributed by atoms with Crippen LogP contribution in [0.2, 0.25) is 0 Å². The summed E-state index contributed by atoms with van der Waals surface area (Å²) < 4.78 is 0. The molecule has 0 heterocycles. The first kappa shape index (κ1) is 14.4. The second-order valence-electron chi connectivity index (χ2n) is 8.43. The molecule has 0 amide bonds. The van der Waals surface area contributed by atoms with Crippen molar-refractivity contribution in [1.29, 1.82) is 0 Å². The Hall–Kier alpha value is -0.570. The third-order valence-electron chi connectivity index (χ3n) is 6.96. The summed E-state index contributed by atoms with van der Waals surface area (Å²) in [5.74, 6) is 2.05. The smallest absolute Gasteiger partial charge is 0.323 e. The third kappa shape index (κ3) is 2.01. The van der Waals surface area contributed by atoms with Crippen LogP contribution in [0.5, 0.6) is 0 Å². The van der Waals surface area contributed by atoms with Crippen molar-refractivity contribution >= 4 is 5.97 Å². The van der Waals surface area contributed by atoms with Gasteiger partial charge >= 0.3 is 5.97 Å². The molecule has 20 heavy (non-hydrogen) atoms. The molecule has 1 atom stereocenters. The fraction of sp³-hybridized carbons (Fsp3) is 0.941. The number of rotatable bonds is 4. The Bertz CT molecular complexity index is 380. The standard InChI is InChI=1S/C17H29NO2/c1-11(18(4)16(2,3)15(19)20)17-8-12-5-13(9-17)7-14(6-12)10-17/h11-14H,5-10H2,1-4H3,(H,19,20). The second-order valence-corrected chi connectivity index (χ2v) is 8.43. The van der Waals surface area contributed by atoms with Crippen molar-refractivity contribution in [3.05, 3.63) is 0 Å². The molecule has 4 saturated carbocycles. The van der Waals surface area contributed by atoms with Gasteiger partial charge in [0.25, 0.3) is 0 Å². The first-order valence-corrected chi connectivity index (χ1v) is 8.21. The van der Waals surface area contributed by atoms with Crippen LogP contribution >= 0.6 is 0 Å². The van der Waals surface area contributed by atoms with Crippen molar-refractivity contribution in [2.45, 2.75) is 70.9 Å². The van der Waals surface area contributed by atoms with E-state index in [-0.39, 0.29) is 0 Å². The van der Waals surface area contributed by atoms with Gasteiger partial charge < -0.3 is 5.11 Å². The van der Waals surface area contributed by atoms with Crippen molar-refractivity contribution in [3.8, 4) is 0 Å². The maximum atomic E-state index is 11.6. The Morgan fingerprint density at radius 1 is 1.15 bits per heavy atom. The monoisotopic (exact) mass is 279 g/mol. The molecule has 0 aromatic heterocycles. The lowest BCUT2D eigenvalue weighted by Gasteiger charge is -2.61. The van der Waals surface area contributed by atoms with Gasteiger partial charge in [-0.15, -0.1) is 0 Å². The van der Waals surface area contributed by atoms with E-state index in [1.807, 2.05) is 20.9 Å². The zero-order valence-corrected chi connectivity index (χ0v) is 13.4. The fourth-order valence-electron chi connectivity index (χ4n) is 5.74. The van der Waals surface area contributed by atoms with Gasteiger partial charge in [-0.2, -0.15) is 0 Å². The Balaban J connectivity index is 1.83. The lowest BCUT2D eigenvalue weighted by atomic mass is 9.47. The van der Waals surface area contributed by atoms with Crippen LogP contribution < -0.4 is 0 Å². The fourth-order valence-corrected chi connectivity index (χ4v) is 5.74. The minimum atomic E-state index is -0.775. The minimum Gasteiger partial charge on any atom is -0.480 e. The van der Waals surface area contributed by atoms with Crippen molar-refractivity contribution < 1.29 is 9.90 Å². The number of carboxylic acid groups (broad SMARTS) is 1. The summed E-state index contributed by atoms with van der Waals surface area (Å²) in [5, 5.41) is 9.50. The maximum absolute atomic E-state index is 11.6. The zero-order chi connectivity index (χ0) is 14.7. The number of carboxylic acids is 1. The van der Waals surface area contributed by atoms with Crippen LogP contribution in [0.25, 0.3) is 0 Å². The van der Waals surface area contributed by atoms with Gasteiger partial charge in [0.15, 0.2) is 0 Å². The molecule has 0 spiro atoms. The number of carbonyl (C=O) groups is 1. The molecule has 4 rings (SSSR count). The van der Waals surface area contributed by atoms with E-state index < -0.39 is 11.5 Å². The summed E-state index contributed by atoms with van der Waals surface area (Å²) in [7, 11) is 2.01. The molecular weight excluding hydrogens is 250 g/mol. The summed E-state index contributed by atoms with van der Waals surface area (Å²) in [6.07, 6.45) is 8.33. The van der Waals surface area contributed by atoms with Gasteiger partial charge in [-0.3, -0.25) is 9.69 Å². The van der Waals surface area contributed by atoms with Crippen LogP contribution in [0.4, 0.5) is 0 Å². The topological polar surface area (TPSA) is 40.5 Å². The molecule has 4 bridgehead atoms. The van der Waals surface area contributed by atoms with Crippen LogP contribution in [0, 0.1) is 23.2 Å². The lowest BCUT2D eigenvalue weighted by molar-refractivity contribution is -0.156. The Labute approximate surface area is 122 Å². The Morgan fingerprint density at radius 2 is 1.55 bits per heavy atom. The molecule has 114 valence electrons. The summed E-state index contributed by atoms with van der Waals surface area (Å²) in [6, 6.07) is 0.363. The number of aliphatic carboxylic acids is 1. The number of likely N-dealkylation sites (N-methyl/N-ethyl adjacent to an activating group) is 1. The van der Waals surface area contributed by atoms with Gasteiger partial charge in [0.1, 0.15) is 5.54 Å². The lowest BCUT2D eigenvalue weighted by Crippen LogP contribution is -2.61. The largest absolute Gasteiger partial charge is 0.480 e. The first-order valence-electron chi connectivity index (χ1n) is 8.21. The van der Waals surface area contributed by atoms with Crippen molar-refractivity contribution in [1.82, 2.24) is 4.90 Å². The van der Waals surface area contributed by atoms with E-state index >= 15 is 0 Å². The molecule has 0 aliphatic heterocycles. The molecule has 4 aliphatic rings. The van der Waals surface area contributed by atoms with Crippen LogP contribution in [-0.4, -0.2) is 34.6 Å². The van der Waals surface area contributed by atoms with E-state index in [4.69, 9.17) is 0 Å². The molecular formula is C17H29NO2. The van der Waals surface area contributed by atoms with E-state index in [1.54, 1.807) is 0 Å². The second kappa shape index (κ2) is 4.46. The predicted molar refractivity (Wildman–Crippen MR) is 79.5 cm³/mol. The highest BCUT2D eigenvalue weighted by atomic mass is 16.4. The van der Waals surface area contributed by atoms with Gasteiger partial charge in [0, 0.05) is 6.04 Å². The van der Waals surface area contributed by atoms with Gasteiger partial charge in [-0.05, 0) is 89.5 Å². The first-order chi connectivity index (χ1) is 9.24. The van der Waals surface area contributed by atoms with Crippen LogP contribution in [0.15, 0.2) is 0 Å². The highest BCUT2D eigenvalue weighted by molar-refractivity contribution is 5.77. The maximum Gasteiger partial charge on any atom is 0.323 e. The molecule has 1 unspecified atom stereocenters. The summed E-state index contributed by atoms with van der Waals surface area (Å²) in [6.45, 7) is 5.95. The van der Waals surface area contributed by atoms with Gasteiger partial charge in [0.2, 0.25) is 0 Å². The third-order valence-corrected chi connectivity index (χ3v) is 6.96. The molecule has 0 radical (unpaired) electrons. The van der Waals surface area contributed by atoms with Gasteiger partial charge in [0.05, 0.1) is 0 Å². The molecule has 0 aromatic rings. The Morgan fingerprint density at radius 3 is 1.90 bits per heavy atom. The van der Waals surface area contributed by atoms with E-state index in [9.17, 15) is 9.90 Å². The van der Waals surface area contributed by atoms with E-state index in [0.717, 1.165) is 17.8 Å². The molecule has 4 aliphatic carbocycles. The van der Waals surface area contributed by atoms with E-state index in [2.05, 4.69) is 11.8 Å². The average Bonchev–Trinajstić information content (AvgIpc) is 2.35. The number of nitrogens with zero attached hydrogens (tertiary/aromatic N) is 1. The molecule has 3 heteroatoms. The van der Waals surface area contributed by atoms with Crippen LogP contribution in [0.1, 0.15) is 59.3 Å². The van der Waals surface area contributed by atoms with Crippen molar-refractivity contribution in [2.75, 3.05) is 7.05 Å². The predicted octanol–water partition coefficient (Wildman–Crippen LogP) is 3.39. The molecule has 0 aromatic carbocycles. The normalized spacial score (nSPS) is 41.1. The quantitative estimate of drug-likeness (QED) is 0.857. The zero-order valence-electron chi connectivity index (χ0n) is 13.4. The number of hydrogen-bond acceptors (Lipinski definition) is 2. The van der Waals surface area contributed by atoms with E-state index in [1.165, 1.54) is 38.5 Å².